The molecule has 0 radical (unpaired) electrons. The summed E-state index contributed by atoms with van der Waals surface area (Å²) in [4.78, 5) is 46.9. The number of hydrogen-bond donors (Lipinski definition) is 2. The Hall–Kier alpha value is -2.43. The van der Waals surface area contributed by atoms with Gasteiger partial charge in [0, 0.05) is 11.8 Å². The Balaban J connectivity index is 1.39. The Morgan fingerprint density at radius 3 is 3.00 bits per heavy atom. The van der Waals surface area contributed by atoms with Gasteiger partial charge in [0.05, 0.1) is 11.7 Å². The Labute approximate surface area is 163 Å². The molecule has 1 fully saturated rings. The van der Waals surface area contributed by atoms with E-state index in [2.05, 4.69) is 4.98 Å². The first-order valence-corrected chi connectivity index (χ1v) is 10.2. The molecule has 2 aliphatic heterocycles. The normalized spacial score (nSPS) is 26.0. The van der Waals surface area contributed by atoms with E-state index in [1.54, 1.807) is 0 Å². The van der Waals surface area contributed by atoms with E-state index in [1.807, 2.05) is 0 Å². The average molecular weight is 427 g/mol. The zero-order valence-corrected chi connectivity index (χ0v) is 15.8. The number of aldehydes is 1. The van der Waals surface area contributed by atoms with Crippen LogP contribution < -0.4 is 15.8 Å². The molecule has 12 heteroatoms. The van der Waals surface area contributed by atoms with Crippen molar-refractivity contribution in [3.05, 3.63) is 62.2 Å². The quantitative estimate of drug-likeness (QED) is 0.542. The number of carbonyl (C=O) groups is 1. The third-order valence-electron chi connectivity index (χ3n) is 4.56. The summed E-state index contributed by atoms with van der Waals surface area (Å²) in [5, 5.41) is 0. The maximum Gasteiger partial charge on any atom is 0.619 e. The summed E-state index contributed by atoms with van der Waals surface area (Å²) in [5.74, 6) is -0.166. The molecule has 154 valence electrons. The molecule has 10 nitrogen and oxygen atoms in total. The highest BCUT2D eigenvalue weighted by Crippen LogP contribution is 2.61. The van der Waals surface area contributed by atoms with Crippen LogP contribution in [0.4, 0.5) is 4.39 Å². The molecule has 2 aromatic rings. The number of nitrogens with one attached hydrogen (secondary N) is 1. The van der Waals surface area contributed by atoms with Crippen molar-refractivity contribution in [2.24, 2.45) is 0 Å². The highest BCUT2D eigenvalue weighted by Gasteiger charge is 2.51. The van der Waals surface area contributed by atoms with Crippen LogP contribution >= 0.6 is 8.17 Å². The van der Waals surface area contributed by atoms with Gasteiger partial charge >= 0.3 is 13.9 Å². The fraction of sp³-hybridized carbons (Fsp3) is 0.353. The second-order valence-electron chi connectivity index (χ2n) is 6.54. The molecule has 1 saturated heterocycles. The van der Waals surface area contributed by atoms with Gasteiger partial charge in [0.1, 0.15) is 25.3 Å². The summed E-state index contributed by atoms with van der Waals surface area (Å²) in [5.41, 5.74) is -1.19. The van der Waals surface area contributed by atoms with Crippen molar-refractivity contribution < 1.29 is 32.4 Å². The van der Waals surface area contributed by atoms with Gasteiger partial charge in [0.25, 0.3) is 5.56 Å². The van der Waals surface area contributed by atoms with Crippen LogP contribution in [0.5, 0.6) is 5.75 Å². The number of halogens is 1. The van der Waals surface area contributed by atoms with E-state index >= 15 is 0 Å². The number of H-pyrrole nitrogens is 1. The summed E-state index contributed by atoms with van der Waals surface area (Å²) in [6.45, 7) is -0.136. The molecular weight excluding hydrogens is 410 g/mol. The summed E-state index contributed by atoms with van der Waals surface area (Å²) in [6, 6.07) is 3.84. The Morgan fingerprint density at radius 2 is 2.21 bits per heavy atom. The molecule has 29 heavy (non-hydrogen) atoms. The van der Waals surface area contributed by atoms with Crippen LogP contribution in [-0.2, 0) is 20.4 Å². The van der Waals surface area contributed by atoms with Gasteiger partial charge in [-0.2, -0.15) is 4.89 Å². The largest absolute Gasteiger partial charge is 0.619 e. The van der Waals surface area contributed by atoms with Gasteiger partial charge in [-0.05, 0) is 31.0 Å². The van der Waals surface area contributed by atoms with Crippen molar-refractivity contribution in [2.75, 3.05) is 6.61 Å². The zero-order chi connectivity index (χ0) is 20.6. The molecule has 3 atom stereocenters. The van der Waals surface area contributed by atoms with Gasteiger partial charge in [-0.25, -0.2) is 9.18 Å². The monoisotopic (exact) mass is 427 g/mol. The lowest BCUT2D eigenvalue weighted by Crippen LogP contribution is -2.34. The summed E-state index contributed by atoms with van der Waals surface area (Å²) in [6.07, 6.45) is 1.24. The minimum absolute atomic E-state index is 0.0627. The molecular formula is C17H17FN2O8P+. The van der Waals surface area contributed by atoms with Gasteiger partial charge in [0.2, 0.25) is 0 Å². The molecule has 0 amide bonds. The van der Waals surface area contributed by atoms with E-state index in [1.165, 1.54) is 18.2 Å². The van der Waals surface area contributed by atoms with Crippen LogP contribution in [0.25, 0.3) is 0 Å². The molecule has 1 aromatic carbocycles. The van der Waals surface area contributed by atoms with Crippen LogP contribution in [0, 0.1) is 5.82 Å². The van der Waals surface area contributed by atoms with Crippen LogP contribution in [0.2, 0.25) is 0 Å². The predicted octanol–water partition coefficient (Wildman–Crippen LogP) is 1.46. The van der Waals surface area contributed by atoms with Gasteiger partial charge in [0.15, 0.2) is 12.0 Å². The van der Waals surface area contributed by atoms with Crippen molar-refractivity contribution in [1.29, 1.82) is 0 Å². The van der Waals surface area contributed by atoms with Gasteiger partial charge in [-0.15, -0.1) is 9.05 Å². The molecule has 2 aliphatic rings. The minimum atomic E-state index is -3.65. The molecule has 4 rings (SSSR count). The Bertz CT molecular complexity index is 1060. The second kappa shape index (κ2) is 7.77. The molecule has 2 N–H and O–H groups in total. The molecule has 3 heterocycles. The molecule has 1 aromatic heterocycles. The summed E-state index contributed by atoms with van der Waals surface area (Å²) in [7, 11) is -3.65. The number of hydrogen-bond acceptors (Lipinski definition) is 8. The first-order valence-electron chi connectivity index (χ1n) is 8.72. The Kier molecular flexibility index (Phi) is 5.32. The van der Waals surface area contributed by atoms with E-state index in [0.29, 0.717) is 24.7 Å². The highest BCUT2D eigenvalue weighted by atomic mass is 31.2. The van der Waals surface area contributed by atoms with E-state index in [4.69, 9.17) is 18.3 Å². The van der Waals surface area contributed by atoms with Crippen LogP contribution in [0.15, 0.2) is 34.0 Å². The fourth-order valence-corrected chi connectivity index (χ4v) is 4.37. The molecule has 0 bridgehead atoms. The van der Waals surface area contributed by atoms with Crippen LogP contribution in [-0.4, -0.2) is 33.4 Å². The number of rotatable bonds is 5. The van der Waals surface area contributed by atoms with Gasteiger partial charge in [-0.1, -0.05) is 0 Å². The number of aromatic nitrogens is 2. The number of nitrogens with zero attached hydrogens (tertiary/aromatic N) is 1. The first kappa shape index (κ1) is 19.9. The minimum Gasteiger partial charge on any atom is -0.352 e. The van der Waals surface area contributed by atoms with E-state index in [-0.39, 0.29) is 24.5 Å². The number of benzene rings is 1. The van der Waals surface area contributed by atoms with Crippen molar-refractivity contribution >= 4 is 14.5 Å². The summed E-state index contributed by atoms with van der Waals surface area (Å²) >= 11 is 0. The molecule has 0 saturated carbocycles. The number of carbonyl (C=O) groups excluding carboxylic acids is 1. The Morgan fingerprint density at radius 1 is 1.38 bits per heavy atom. The van der Waals surface area contributed by atoms with Crippen molar-refractivity contribution in [3.8, 4) is 5.75 Å². The van der Waals surface area contributed by atoms with Crippen molar-refractivity contribution in [1.82, 2.24) is 9.55 Å². The fourth-order valence-electron chi connectivity index (χ4n) is 3.11. The third-order valence-corrected chi connectivity index (χ3v) is 5.92. The number of ether oxygens (including phenoxy) is 1. The topological polar surface area (TPSA) is 129 Å². The number of fused-ring (bicyclic) bond motifs is 1. The maximum atomic E-state index is 13.2. The molecule has 0 spiro atoms. The second-order valence-corrected chi connectivity index (χ2v) is 8.18. The highest BCUT2D eigenvalue weighted by molar-refractivity contribution is 7.55. The smallest absolute Gasteiger partial charge is 0.352 e. The standard InChI is InChI=1S/C17H16FN2O8P/c18-12-1-3-14-10(5-12)8-25-29(24,28-14)26-9-13-2-4-15(27-13)20-6-11(7-21)16(22)19-17(20)23/h1,3,5-7,13,15,24H,2,4,8-9H2/p+1. The SMILES string of the molecule is O=Cc1cn(C2CCC(CO[P+]3(O)OCc4cc(F)ccc4O3)O2)c(=O)[nH]c1=O. The third kappa shape index (κ3) is 4.14. The lowest BCUT2D eigenvalue weighted by atomic mass is 10.2. The first-order chi connectivity index (χ1) is 13.9. The van der Waals surface area contributed by atoms with Crippen LogP contribution in [0.3, 0.4) is 0 Å². The summed E-state index contributed by atoms with van der Waals surface area (Å²) < 4.78 is 36.1. The lowest BCUT2D eigenvalue weighted by Gasteiger charge is -2.22. The molecule has 0 aliphatic carbocycles. The maximum absolute atomic E-state index is 13.2. The lowest BCUT2D eigenvalue weighted by molar-refractivity contribution is -0.0302. The van der Waals surface area contributed by atoms with Gasteiger partial charge < -0.3 is 4.74 Å². The van der Waals surface area contributed by atoms with Crippen molar-refractivity contribution in [2.45, 2.75) is 31.8 Å². The molecule has 3 unspecified atom stereocenters. The average Bonchev–Trinajstić information content (AvgIpc) is 3.16. The zero-order valence-electron chi connectivity index (χ0n) is 14.9. The van der Waals surface area contributed by atoms with Gasteiger partial charge in [-0.3, -0.25) is 23.7 Å². The van der Waals surface area contributed by atoms with Crippen LogP contribution in [0.1, 0.15) is 35.0 Å². The van der Waals surface area contributed by atoms with E-state index in [0.717, 1.165) is 10.8 Å². The van der Waals surface area contributed by atoms with E-state index in [9.17, 15) is 23.7 Å². The van der Waals surface area contributed by atoms with E-state index < -0.39 is 37.6 Å². The number of aromatic amines is 1. The predicted molar refractivity (Wildman–Crippen MR) is 96.8 cm³/mol. The van der Waals surface area contributed by atoms with Crippen molar-refractivity contribution in [3.63, 3.8) is 0 Å².